The molecule has 1 aromatic rings. The van der Waals surface area contributed by atoms with Crippen LogP contribution in [0.1, 0.15) is 44.1 Å². The van der Waals surface area contributed by atoms with Gasteiger partial charge in [-0.25, -0.2) is 0 Å². The maximum absolute atomic E-state index is 5.76. The van der Waals surface area contributed by atoms with E-state index in [1.165, 1.54) is 44.1 Å². The second-order valence-corrected chi connectivity index (χ2v) is 6.08. The van der Waals surface area contributed by atoms with Crippen LogP contribution >= 0.6 is 0 Å². The maximum Gasteiger partial charge on any atom is 0.0576 e. The van der Waals surface area contributed by atoms with Crippen LogP contribution in [0.4, 0.5) is 0 Å². The number of hydrogen-bond acceptors (Lipinski definition) is 2. The van der Waals surface area contributed by atoms with Gasteiger partial charge < -0.3 is 10.1 Å². The van der Waals surface area contributed by atoms with Gasteiger partial charge in [-0.05, 0) is 51.1 Å². The molecule has 3 rings (SSSR count). The summed E-state index contributed by atoms with van der Waals surface area (Å²) in [6.45, 7) is 0.971. The van der Waals surface area contributed by atoms with Crippen molar-refractivity contribution in [3.05, 3.63) is 35.9 Å². The topological polar surface area (TPSA) is 21.3 Å². The molecule has 19 heavy (non-hydrogen) atoms. The Bertz CT molecular complexity index is 393. The Hall–Kier alpha value is -0.860. The highest BCUT2D eigenvalue weighted by atomic mass is 16.5. The molecule has 2 fully saturated rings. The summed E-state index contributed by atoms with van der Waals surface area (Å²) in [6, 6.07) is 11.6. The number of likely N-dealkylation sites (N-methyl/N-ethyl adjacent to an activating group) is 1. The van der Waals surface area contributed by atoms with Gasteiger partial charge in [-0.2, -0.15) is 0 Å². The summed E-state index contributed by atoms with van der Waals surface area (Å²) in [5, 5.41) is 3.57. The van der Waals surface area contributed by atoms with Gasteiger partial charge in [-0.15, -0.1) is 0 Å². The van der Waals surface area contributed by atoms with Crippen LogP contribution in [0.5, 0.6) is 0 Å². The van der Waals surface area contributed by atoms with E-state index in [1.54, 1.807) is 0 Å². The van der Waals surface area contributed by atoms with Crippen molar-refractivity contribution in [3.63, 3.8) is 0 Å². The monoisotopic (exact) mass is 259 g/mol. The van der Waals surface area contributed by atoms with Gasteiger partial charge in [-0.1, -0.05) is 30.3 Å². The molecule has 1 N–H and O–H groups in total. The van der Waals surface area contributed by atoms with Crippen LogP contribution < -0.4 is 5.32 Å². The van der Waals surface area contributed by atoms with Crippen molar-refractivity contribution >= 4 is 0 Å². The smallest absolute Gasteiger partial charge is 0.0576 e. The average molecular weight is 259 g/mol. The third-order valence-electron chi connectivity index (χ3n) is 4.95. The summed E-state index contributed by atoms with van der Waals surface area (Å²) >= 11 is 0. The third-order valence-corrected chi connectivity index (χ3v) is 4.95. The van der Waals surface area contributed by atoms with Crippen molar-refractivity contribution in [1.82, 2.24) is 5.32 Å². The standard InChI is InChI=1S/C17H25NO/c1-18-16(10-9-15-8-5-13-19-15)17(11-12-17)14-6-3-2-4-7-14/h2-4,6-7,15-16,18H,5,8-13H2,1H3. The van der Waals surface area contributed by atoms with Gasteiger partial charge in [0.05, 0.1) is 6.10 Å². The van der Waals surface area contributed by atoms with E-state index in [0.29, 0.717) is 17.6 Å². The molecule has 0 bridgehead atoms. The maximum atomic E-state index is 5.76. The molecular weight excluding hydrogens is 234 g/mol. The Morgan fingerprint density at radius 2 is 2.11 bits per heavy atom. The molecule has 1 aliphatic carbocycles. The van der Waals surface area contributed by atoms with E-state index in [4.69, 9.17) is 4.74 Å². The summed E-state index contributed by atoms with van der Waals surface area (Å²) in [5.41, 5.74) is 1.91. The first-order chi connectivity index (χ1) is 9.35. The molecule has 0 spiro atoms. The molecule has 1 aromatic carbocycles. The predicted octanol–water partition coefficient (Wildman–Crippen LogP) is 3.27. The lowest BCUT2D eigenvalue weighted by Gasteiger charge is -2.28. The summed E-state index contributed by atoms with van der Waals surface area (Å²) in [7, 11) is 2.11. The van der Waals surface area contributed by atoms with E-state index < -0.39 is 0 Å². The quantitative estimate of drug-likeness (QED) is 0.846. The Morgan fingerprint density at radius 3 is 2.68 bits per heavy atom. The fourth-order valence-corrected chi connectivity index (χ4v) is 3.66. The van der Waals surface area contributed by atoms with Crippen LogP contribution in [0.25, 0.3) is 0 Å². The fourth-order valence-electron chi connectivity index (χ4n) is 3.66. The highest BCUT2D eigenvalue weighted by molar-refractivity contribution is 5.33. The van der Waals surface area contributed by atoms with Crippen LogP contribution in [-0.4, -0.2) is 25.8 Å². The molecular formula is C17H25NO. The Morgan fingerprint density at radius 1 is 1.32 bits per heavy atom. The molecule has 1 saturated heterocycles. The van der Waals surface area contributed by atoms with Crippen LogP contribution in [0.3, 0.4) is 0 Å². The van der Waals surface area contributed by atoms with Gasteiger partial charge in [0, 0.05) is 18.1 Å². The first-order valence-electron chi connectivity index (χ1n) is 7.69. The largest absolute Gasteiger partial charge is 0.378 e. The average Bonchev–Trinajstić information content (AvgIpc) is 3.10. The number of nitrogens with one attached hydrogen (secondary N) is 1. The summed E-state index contributed by atoms with van der Waals surface area (Å²) in [6.07, 6.45) is 8.12. The SMILES string of the molecule is CNC(CCC1CCCO1)C1(c2ccccc2)CC1. The third kappa shape index (κ3) is 2.70. The first-order valence-corrected chi connectivity index (χ1v) is 7.69. The van der Waals surface area contributed by atoms with Gasteiger partial charge in [0.15, 0.2) is 0 Å². The van der Waals surface area contributed by atoms with Crippen molar-refractivity contribution in [1.29, 1.82) is 0 Å². The molecule has 2 heteroatoms. The van der Waals surface area contributed by atoms with E-state index in [0.717, 1.165) is 6.61 Å². The summed E-state index contributed by atoms with van der Waals surface area (Å²) in [4.78, 5) is 0. The van der Waals surface area contributed by atoms with Gasteiger partial charge >= 0.3 is 0 Å². The van der Waals surface area contributed by atoms with Gasteiger partial charge in [0.2, 0.25) is 0 Å². The molecule has 1 heterocycles. The van der Waals surface area contributed by atoms with Crippen molar-refractivity contribution in [3.8, 4) is 0 Å². The normalized spacial score (nSPS) is 26.3. The van der Waals surface area contributed by atoms with Crippen LogP contribution in [0.2, 0.25) is 0 Å². The van der Waals surface area contributed by atoms with Crippen LogP contribution in [-0.2, 0) is 10.2 Å². The lowest BCUT2D eigenvalue weighted by molar-refractivity contribution is 0.0984. The zero-order valence-corrected chi connectivity index (χ0v) is 11.9. The lowest BCUT2D eigenvalue weighted by Crippen LogP contribution is -2.38. The van der Waals surface area contributed by atoms with E-state index in [9.17, 15) is 0 Å². The Kier molecular flexibility index (Phi) is 3.90. The molecule has 1 aliphatic heterocycles. The minimum absolute atomic E-state index is 0.397. The van der Waals surface area contributed by atoms with Crippen LogP contribution in [0.15, 0.2) is 30.3 Å². The molecule has 2 atom stereocenters. The molecule has 2 aliphatic rings. The van der Waals surface area contributed by atoms with E-state index in [-0.39, 0.29) is 0 Å². The fraction of sp³-hybridized carbons (Fsp3) is 0.647. The van der Waals surface area contributed by atoms with Gasteiger partial charge in [0.1, 0.15) is 0 Å². The molecule has 104 valence electrons. The molecule has 1 saturated carbocycles. The zero-order chi connectivity index (χ0) is 13.1. The van der Waals surface area contributed by atoms with E-state index >= 15 is 0 Å². The number of hydrogen-bond donors (Lipinski definition) is 1. The predicted molar refractivity (Wildman–Crippen MR) is 78.4 cm³/mol. The second kappa shape index (κ2) is 5.64. The van der Waals surface area contributed by atoms with Crippen molar-refractivity contribution in [2.24, 2.45) is 0 Å². The van der Waals surface area contributed by atoms with E-state index in [2.05, 4.69) is 42.7 Å². The first kappa shape index (κ1) is 13.1. The Labute approximate surface area is 116 Å². The highest BCUT2D eigenvalue weighted by Crippen LogP contribution is 2.52. The molecule has 0 amide bonds. The Balaban J connectivity index is 1.64. The summed E-state index contributed by atoms with van der Waals surface area (Å²) in [5.74, 6) is 0. The minimum atomic E-state index is 0.397. The van der Waals surface area contributed by atoms with Crippen LogP contribution in [0, 0.1) is 0 Å². The lowest BCUT2D eigenvalue weighted by atomic mass is 9.85. The zero-order valence-electron chi connectivity index (χ0n) is 11.9. The summed E-state index contributed by atoms with van der Waals surface area (Å²) < 4.78 is 5.76. The number of ether oxygens (including phenoxy) is 1. The van der Waals surface area contributed by atoms with Crippen molar-refractivity contribution in [2.45, 2.75) is 56.1 Å². The number of rotatable bonds is 6. The molecule has 2 nitrogen and oxygen atoms in total. The van der Waals surface area contributed by atoms with Gasteiger partial charge in [-0.3, -0.25) is 0 Å². The minimum Gasteiger partial charge on any atom is -0.378 e. The van der Waals surface area contributed by atoms with Crippen molar-refractivity contribution in [2.75, 3.05) is 13.7 Å². The molecule has 0 aromatic heterocycles. The van der Waals surface area contributed by atoms with Crippen molar-refractivity contribution < 1.29 is 4.74 Å². The molecule has 2 unspecified atom stereocenters. The number of benzene rings is 1. The second-order valence-electron chi connectivity index (χ2n) is 6.08. The molecule has 0 radical (unpaired) electrons. The highest BCUT2D eigenvalue weighted by Gasteiger charge is 2.49. The van der Waals surface area contributed by atoms with E-state index in [1.807, 2.05) is 0 Å². The van der Waals surface area contributed by atoms with Gasteiger partial charge in [0.25, 0.3) is 0 Å².